The Balaban J connectivity index is 2.07. The van der Waals surface area contributed by atoms with Gasteiger partial charge in [0, 0.05) is 18.8 Å². The molecule has 0 radical (unpaired) electrons. The molecule has 0 saturated carbocycles. The minimum Gasteiger partial charge on any atom is -0.378 e. The highest BCUT2D eigenvalue weighted by atomic mass is 16.5. The fourth-order valence-electron chi connectivity index (χ4n) is 1.63. The second kappa shape index (κ2) is 4.42. The van der Waals surface area contributed by atoms with Crippen molar-refractivity contribution in [3.05, 3.63) is 24.0 Å². The molecule has 3 nitrogen and oxygen atoms in total. The van der Waals surface area contributed by atoms with Gasteiger partial charge in [-0.3, -0.25) is 4.98 Å². The molecule has 2 heterocycles. The molecule has 0 unspecified atom stereocenters. The maximum Gasteiger partial charge on any atom is 0.0642 e. The average molecular weight is 192 g/mol. The van der Waals surface area contributed by atoms with Gasteiger partial charge >= 0.3 is 0 Å². The van der Waals surface area contributed by atoms with Crippen molar-refractivity contribution in [3.8, 4) is 0 Å². The van der Waals surface area contributed by atoms with Crippen molar-refractivity contribution >= 4 is 5.69 Å². The molecule has 0 aliphatic carbocycles. The Kier molecular flexibility index (Phi) is 2.99. The molecular weight excluding hydrogens is 176 g/mol. The predicted octanol–water partition coefficient (Wildman–Crippen LogP) is 1.48. The van der Waals surface area contributed by atoms with Gasteiger partial charge in [0.25, 0.3) is 0 Å². The van der Waals surface area contributed by atoms with Crippen LogP contribution in [-0.2, 0) is 11.2 Å². The van der Waals surface area contributed by atoms with Gasteiger partial charge in [0.2, 0.25) is 0 Å². The van der Waals surface area contributed by atoms with Crippen LogP contribution in [0.5, 0.6) is 0 Å². The summed E-state index contributed by atoms with van der Waals surface area (Å²) >= 11 is 0. The third-order valence-electron chi connectivity index (χ3n) is 2.55. The first-order valence-electron chi connectivity index (χ1n) is 5.18. The smallest absolute Gasteiger partial charge is 0.0642 e. The minimum atomic E-state index is 0.829. The topological polar surface area (TPSA) is 25.4 Å². The fraction of sp³-hybridized carbons (Fsp3) is 0.545. The van der Waals surface area contributed by atoms with E-state index in [1.807, 2.05) is 6.20 Å². The van der Waals surface area contributed by atoms with Crippen LogP contribution < -0.4 is 4.90 Å². The molecule has 76 valence electrons. The first-order valence-corrected chi connectivity index (χ1v) is 5.18. The van der Waals surface area contributed by atoms with Crippen LogP contribution in [0.15, 0.2) is 18.3 Å². The number of anilines is 1. The lowest BCUT2D eigenvalue weighted by atomic mass is 10.2. The molecule has 0 spiro atoms. The molecule has 2 rings (SSSR count). The fourth-order valence-corrected chi connectivity index (χ4v) is 1.63. The van der Waals surface area contributed by atoms with Crippen molar-refractivity contribution in [1.29, 1.82) is 0 Å². The van der Waals surface area contributed by atoms with Gasteiger partial charge in [-0.05, 0) is 18.6 Å². The first kappa shape index (κ1) is 9.46. The second-order valence-electron chi connectivity index (χ2n) is 3.46. The number of hydrogen-bond acceptors (Lipinski definition) is 3. The van der Waals surface area contributed by atoms with Crippen molar-refractivity contribution < 1.29 is 4.74 Å². The van der Waals surface area contributed by atoms with E-state index >= 15 is 0 Å². The zero-order valence-electron chi connectivity index (χ0n) is 8.57. The zero-order valence-corrected chi connectivity index (χ0v) is 8.57. The lowest BCUT2D eigenvalue weighted by molar-refractivity contribution is 0.122. The SMILES string of the molecule is CCc1ccc(N2CCOCC2)cn1. The molecule has 1 aliphatic rings. The van der Waals surface area contributed by atoms with Gasteiger partial charge in [0.05, 0.1) is 25.1 Å². The van der Waals surface area contributed by atoms with E-state index in [2.05, 4.69) is 28.9 Å². The Hall–Kier alpha value is -1.09. The summed E-state index contributed by atoms with van der Waals surface area (Å²) in [6, 6.07) is 4.25. The first-order chi connectivity index (χ1) is 6.90. The summed E-state index contributed by atoms with van der Waals surface area (Å²) in [5.74, 6) is 0. The molecule has 1 aromatic heterocycles. The summed E-state index contributed by atoms with van der Waals surface area (Å²) < 4.78 is 5.30. The van der Waals surface area contributed by atoms with E-state index in [1.54, 1.807) is 0 Å². The van der Waals surface area contributed by atoms with Gasteiger partial charge < -0.3 is 9.64 Å². The van der Waals surface area contributed by atoms with Crippen LogP contribution in [0.1, 0.15) is 12.6 Å². The van der Waals surface area contributed by atoms with Crippen LogP contribution in [0.25, 0.3) is 0 Å². The van der Waals surface area contributed by atoms with E-state index in [1.165, 1.54) is 5.69 Å². The van der Waals surface area contributed by atoms with Crippen molar-refractivity contribution in [2.75, 3.05) is 31.2 Å². The van der Waals surface area contributed by atoms with Gasteiger partial charge in [-0.2, -0.15) is 0 Å². The molecule has 0 bridgehead atoms. The van der Waals surface area contributed by atoms with Crippen LogP contribution in [0.4, 0.5) is 5.69 Å². The van der Waals surface area contributed by atoms with E-state index in [0.717, 1.165) is 38.4 Å². The average Bonchev–Trinajstić information content (AvgIpc) is 2.30. The van der Waals surface area contributed by atoms with Crippen LogP contribution in [0.2, 0.25) is 0 Å². The van der Waals surface area contributed by atoms with Crippen LogP contribution in [0, 0.1) is 0 Å². The van der Waals surface area contributed by atoms with Crippen LogP contribution >= 0.6 is 0 Å². The second-order valence-corrected chi connectivity index (χ2v) is 3.46. The standard InChI is InChI=1S/C11H16N2O/c1-2-10-3-4-11(9-12-10)13-5-7-14-8-6-13/h3-4,9H,2,5-8H2,1H3. The summed E-state index contributed by atoms with van der Waals surface area (Å²) in [4.78, 5) is 6.71. The Morgan fingerprint density at radius 3 is 2.71 bits per heavy atom. The highest BCUT2D eigenvalue weighted by Crippen LogP contribution is 2.14. The van der Waals surface area contributed by atoms with E-state index < -0.39 is 0 Å². The Bertz CT molecular complexity index is 278. The van der Waals surface area contributed by atoms with Crippen LogP contribution in [0.3, 0.4) is 0 Å². The highest BCUT2D eigenvalue weighted by molar-refractivity contribution is 5.44. The number of rotatable bonds is 2. The Labute approximate surface area is 84.7 Å². The van der Waals surface area contributed by atoms with Crippen molar-refractivity contribution in [2.24, 2.45) is 0 Å². The van der Waals surface area contributed by atoms with E-state index in [4.69, 9.17) is 4.74 Å². The molecule has 0 N–H and O–H groups in total. The van der Waals surface area contributed by atoms with Crippen molar-refractivity contribution in [2.45, 2.75) is 13.3 Å². The van der Waals surface area contributed by atoms with Gasteiger partial charge in [-0.1, -0.05) is 6.92 Å². The Morgan fingerprint density at radius 1 is 1.36 bits per heavy atom. The molecule has 1 fully saturated rings. The summed E-state index contributed by atoms with van der Waals surface area (Å²) in [5, 5.41) is 0. The van der Waals surface area contributed by atoms with E-state index in [-0.39, 0.29) is 0 Å². The summed E-state index contributed by atoms with van der Waals surface area (Å²) in [6.45, 7) is 5.74. The lowest BCUT2D eigenvalue weighted by Crippen LogP contribution is -2.36. The Morgan fingerprint density at radius 2 is 2.14 bits per heavy atom. The number of aromatic nitrogens is 1. The monoisotopic (exact) mass is 192 g/mol. The van der Waals surface area contributed by atoms with Gasteiger partial charge in [-0.15, -0.1) is 0 Å². The molecule has 1 aromatic rings. The molecule has 1 saturated heterocycles. The number of morpholine rings is 1. The molecule has 0 amide bonds. The molecular formula is C11H16N2O. The quantitative estimate of drug-likeness (QED) is 0.709. The summed E-state index contributed by atoms with van der Waals surface area (Å²) in [6.07, 6.45) is 2.97. The number of aryl methyl sites for hydroxylation is 1. The van der Waals surface area contributed by atoms with E-state index in [9.17, 15) is 0 Å². The largest absolute Gasteiger partial charge is 0.378 e. The maximum atomic E-state index is 5.30. The number of ether oxygens (including phenoxy) is 1. The lowest BCUT2D eigenvalue weighted by Gasteiger charge is -2.28. The van der Waals surface area contributed by atoms with E-state index in [0.29, 0.717) is 0 Å². The molecule has 1 aliphatic heterocycles. The normalized spacial score (nSPS) is 17.1. The predicted molar refractivity (Wildman–Crippen MR) is 56.6 cm³/mol. The number of hydrogen-bond donors (Lipinski definition) is 0. The number of pyridine rings is 1. The molecule has 0 atom stereocenters. The van der Waals surface area contributed by atoms with Crippen LogP contribution in [-0.4, -0.2) is 31.3 Å². The third kappa shape index (κ3) is 2.04. The number of nitrogens with zero attached hydrogens (tertiary/aromatic N) is 2. The molecule has 14 heavy (non-hydrogen) atoms. The summed E-state index contributed by atoms with van der Waals surface area (Å²) in [7, 11) is 0. The van der Waals surface area contributed by atoms with Gasteiger partial charge in [0.1, 0.15) is 0 Å². The maximum absolute atomic E-state index is 5.30. The summed E-state index contributed by atoms with van der Waals surface area (Å²) in [5.41, 5.74) is 2.37. The minimum absolute atomic E-state index is 0.829. The molecule has 3 heteroatoms. The third-order valence-corrected chi connectivity index (χ3v) is 2.55. The highest BCUT2D eigenvalue weighted by Gasteiger charge is 2.10. The van der Waals surface area contributed by atoms with Gasteiger partial charge in [-0.25, -0.2) is 0 Å². The van der Waals surface area contributed by atoms with Crippen molar-refractivity contribution in [3.63, 3.8) is 0 Å². The van der Waals surface area contributed by atoms with Crippen molar-refractivity contribution in [1.82, 2.24) is 4.98 Å². The van der Waals surface area contributed by atoms with Gasteiger partial charge in [0.15, 0.2) is 0 Å². The zero-order chi connectivity index (χ0) is 9.80. The molecule has 0 aromatic carbocycles.